The molecule has 3 fully saturated rings. The molecule has 3 aliphatic rings. The minimum absolute atomic E-state index is 0.195. The molecule has 0 radical (unpaired) electrons. The van der Waals surface area contributed by atoms with Crippen molar-refractivity contribution in [3.05, 3.63) is 78.4 Å². The number of aliphatic hydroxyl groups excluding tert-OH is 1. The molecule has 6 rings (SSSR count). The number of ether oxygens (including phenoxy) is 7. The van der Waals surface area contributed by atoms with Crippen LogP contribution in [0.4, 0.5) is 9.59 Å². The summed E-state index contributed by atoms with van der Waals surface area (Å²) in [6.45, 7) is 12.9. The van der Waals surface area contributed by atoms with Gasteiger partial charge in [0.2, 0.25) is 0 Å². The zero-order chi connectivity index (χ0) is 50.2. The Morgan fingerprint density at radius 3 is 2.33 bits per heavy atom. The molecule has 3 aromatic rings. The number of fused-ring (bicyclic) bond motifs is 1. The van der Waals surface area contributed by atoms with Gasteiger partial charge in [-0.25, -0.2) is 19.6 Å². The van der Waals surface area contributed by atoms with Crippen LogP contribution in [0.15, 0.2) is 67.3 Å². The number of esters is 2. The molecule has 3 aliphatic heterocycles. The maximum absolute atomic E-state index is 14.7. The van der Waals surface area contributed by atoms with Crippen molar-refractivity contribution in [3.8, 4) is 23.2 Å². The smallest absolute Gasteiger partial charge is 0.461 e. The zero-order valence-corrected chi connectivity index (χ0v) is 40.9. The van der Waals surface area contributed by atoms with Crippen molar-refractivity contribution in [1.82, 2.24) is 25.2 Å². The third-order valence-corrected chi connectivity index (χ3v) is 13.5. The Kier molecular flexibility index (Phi) is 17.2. The fourth-order valence-electron chi connectivity index (χ4n) is 9.90. The van der Waals surface area contributed by atoms with Gasteiger partial charge in [0, 0.05) is 59.7 Å². The number of cyclic esters (lactones) is 1. The van der Waals surface area contributed by atoms with Gasteiger partial charge in [0.05, 0.1) is 24.5 Å². The van der Waals surface area contributed by atoms with Crippen LogP contribution in [0.5, 0.6) is 0 Å². The fraction of sp³-hybridized carbons (Fsp3) is 0.569. The van der Waals surface area contributed by atoms with Gasteiger partial charge in [-0.3, -0.25) is 19.4 Å². The van der Waals surface area contributed by atoms with E-state index >= 15 is 0 Å². The first-order valence-electron chi connectivity index (χ1n) is 23.4. The number of likely N-dealkylation sites (N-methyl/N-ethyl adjacent to an activating group) is 1. The zero-order valence-electron chi connectivity index (χ0n) is 40.9. The molecule has 3 saturated heterocycles. The van der Waals surface area contributed by atoms with E-state index in [4.69, 9.17) is 33.2 Å². The Hall–Kier alpha value is -6.00. The molecule has 18 nitrogen and oxygen atoms in total. The molecule has 0 aliphatic carbocycles. The van der Waals surface area contributed by atoms with Crippen LogP contribution in [0.1, 0.15) is 85.8 Å². The quantitative estimate of drug-likeness (QED) is 0.146. The lowest BCUT2D eigenvalue weighted by Gasteiger charge is -2.48. The van der Waals surface area contributed by atoms with Crippen LogP contribution in [-0.2, 0) is 54.0 Å². The summed E-state index contributed by atoms with van der Waals surface area (Å²) in [7, 11) is 3.64. The molecule has 1 aromatic carbocycles. The molecule has 69 heavy (non-hydrogen) atoms. The van der Waals surface area contributed by atoms with Crippen molar-refractivity contribution in [1.29, 1.82) is 0 Å². The van der Waals surface area contributed by atoms with Gasteiger partial charge in [0.1, 0.15) is 35.8 Å². The summed E-state index contributed by atoms with van der Waals surface area (Å²) in [6.07, 6.45) is -2.14. The second-order valence-corrected chi connectivity index (χ2v) is 19.0. The summed E-state index contributed by atoms with van der Waals surface area (Å²) in [4.78, 5) is 84.8. The number of rotatable bonds is 10. The van der Waals surface area contributed by atoms with E-state index in [1.54, 1.807) is 90.5 Å². The molecule has 5 heterocycles. The first-order chi connectivity index (χ1) is 32.7. The van der Waals surface area contributed by atoms with Gasteiger partial charge in [0.25, 0.3) is 0 Å². The molecule has 18 heteroatoms. The van der Waals surface area contributed by atoms with Gasteiger partial charge in [-0.2, -0.15) is 0 Å². The number of hydrogen-bond acceptors (Lipinski definition) is 17. The predicted octanol–water partition coefficient (Wildman–Crippen LogP) is 5.47. The average Bonchev–Trinajstić information content (AvgIpc) is 3.64. The summed E-state index contributed by atoms with van der Waals surface area (Å²) in [5, 5.41) is 14.6. The second-order valence-electron chi connectivity index (χ2n) is 19.0. The Bertz CT molecular complexity index is 2330. The fourth-order valence-corrected chi connectivity index (χ4v) is 9.90. The van der Waals surface area contributed by atoms with E-state index in [2.05, 4.69) is 32.1 Å². The number of hydrogen-bond donors (Lipinski definition) is 2. The Labute approximate surface area is 403 Å². The van der Waals surface area contributed by atoms with Gasteiger partial charge in [-0.1, -0.05) is 45.6 Å². The maximum atomic E-state index is 14.7. The third kappa shape index (κ3) is 12.4. The first kappa shape index (κ1) is 52.4. The number of nitrogens with zero attached hydrogens (tertiary/aromatic N) is 4. The normalized spacial score (nSPS) is 33.0. The van der Waals surface area contributed by atoms with E-state index < -0.39 is 115 Å². The van der Waals surface area contributed by atoms with Crippen molar-refractivity contribution >= 4 is 30.0 Å². The number of alkyl carbamates (subject to hydrolysis) is 1. The maximum Gasteiger partial charge on any atom is 0.509 e. The number of nitrogens with one attached hydrogen (secondary N) is 1. The number of pyridine rings is 1. The van der Waals surface area contributed by atoms with Crippen molar-refractivity contribution in [3.63, 3.8) is 0 Å². The number of carbonyl (C=O) groups is 5. The number of benzene rings is 1. The van der Waals surface area contributed by atoms with E-state index in [9.17, 15) is 29.1 Å². The molecule has 2 aromatic heterocycles. The highest BCUT2D eigenvalue weighted by atomic mass is 16.8. The highest BCUT2D eigenvalue weighted by Crippen LogP contribution is 2.42. The summed E-state index contributed by atoms with van der Waals surface area (Å²) in [6, 6.07) is 10.9. The van der Waals surface area contributed by atoms with E-state index in [1.165, 1.54) is 13.1 Å². The van der Waals surface area contributed by atoms with E-state index in [-0.39, 0.29) is 25.0 Å². The summed E-state index contributed by atoms with van der Waals surface area (Å²) in [5.41, 5.74) is -1.40. The highest BCUT2D eigenvalue weighted by Gasteiger charge is 2.58. The lowest BCUT2D eigenvalue weighted by Crippen LogP contribution is -2.61. The number of Topliss-reactive ketones (excluding diaryl/α,β-unsaturated/α-hetero) is 1. The topological polar surface area (TPSA) is 224 Å². The van der Waals surface area contributed by atoms with Crippen LogP contribution in [0.3, 0.4) is 0 Å². The number of carbonyl (C=O) groups excluding carboxylic acids is 5. The molecule has 0 unspecified atom stereocenters. The third-order valence-electron chi connectivity index (χ3n) is 13.5. The van der Waals surface area contributed by atoms with E-state index in [0.29, 0.717) is 23.4 Å². The van der Waals surface area contributed by atoms with Gasteiger partial charge in [0.15, 0.2) is 24.3 Å². The average molecular weight is 956 g/mol. The lowest BCUT2D eigenvalue weighted by atomic mass is 9.73. The second kappa shape index (κ2) is 22.6. The lowest BCUT2D eigenvalue weighted by molar-refractivity contribution is -0.299. The van der Waals surface area contributed by atoms with Crippen molar-refractivity contribution in [2.24, 2.45) is 23.7 Å². The molecular formula is C51H65N5O13. The molecule has 0 bridgehead atoms. The summed E-state index contributed by atoms with van der Waals surface area (Å²) < 4.78 is 43.3. The molecule has 372 valence electrons. The molecule has 0 saturated carbocycles. The summed E-state index contributed by atoms with van der Waals surface area (Å²) >= 11 is 0. The predicted molar refractivity (Wildman–Crippen MR) is 249 cm³/mol. The van der Waals surface area contributed by atoms with Crippen LogP contribution in [-0.4, -0.2) is 136 Å². The first-order valence-corrected chi connectivity index (χ1v) is 23.4. The molecule has 1 amide bonds. The molecule has 2 N–H and O–H groups in total. The van der Waals surface area contributed by atoms with Crippen LogP contribution in [0, 0.1) is 35.5 Å². The van der Waals surface area contributed by atoms with Crippen LogP contribution < -0.4 is 5.32 Å². The molecular weight excluding hydrogens is 891 g/mol. The highest BCUT2D eigenvalue weighted by molar-refractivity contribution is 5.85. The summed E-state index contributed by atoms with van der Waals surface area (Å²) in [5.74, 6) is 0.358. The van der Waals surface area contributed by atoms with Crippen LogP contribution in [0.2, 0.25) is 0 Å². The standard InChI is InChI=1S/C51H65N5O13/c1-11-38-51(8)43(55-48(61)68-51)31(4)40(58)29(2)27-50(7,69-49(62)63-24-13-16-34-17-19-36(20-18-34)45-53-22-14-23-54-45)44(67-47-41(59)37(56(9)10)25-30(3)64-47)32(5)42(33(6)46(60)65-38)66-39(57)26-35-15-12-21-52-28-35/h12,14-15,17-23,28-33,37-38,41-44,47,59H,11,24-27H2,1-10H3,(H,55,61)/t29-,30-,31+,32+,33-,37+,38-,41-,42+,43-,44-,47+,50-,51-/m1/s1. The number of ketones is 1. The SMILES string of the molecule is CC[C@H]1OC(=O)[C@H](C)[C@@H](OC(=O)Cc2cccnc2)[C@H](C)[C@@H](O[C@@H]2O[C@H](C)C[C@H](N(C)C)[C@H]2O)[C@](C)(OC(=O)OCC#Cc2ccc(-c3ncccn3)cc2)C[C@@H](C)C(=O)[C@H](C)[C@H]2NC(=O)O[C@@]21C. The van der Waals surface area contributed by atoms with Crippen LogP contribution >= 0.6 is 0 Å². The number of amides is 1. The van der Waals surface area contributed by atoms with Crippen molar-refractivity contribution in [2.45, 2.75) is 141 Å². The van der Waals surface area contributed by atoms with E-state index in [0.717, 1.165) is 5.56 Å². The Balaban J connectivity index is 1.41. The monoisotopic (exact) mass is 955 g/mol. The molecule has 0 spiro atoms. The Morgan fingerprint density at radius 1 is 0.971 bits per heavy atom. The largest absolute Gasteiger partial charge is 0.509 e. The van der Waals surface area contributed by atoms with Crippen molar-refractivity contribution < 1.29 is 62.2 Å². The Morgan fingerprint density at radius 2 is 1.68 bits per heavy atom. The molecule has 14 atom stereocenters. The number of aliphatic hydroxyl groups is 1. The van der Waals surface area contributed by atoms with Crippen molar-refractivity contribution in [2.75, 3.05) is 20.7 Å². The van der Waals surface area contributed by atoms with Gasteiger partial charge in [-0.15, -0.1) is 0 Å². The number of aromatic nitrogens is 3. The van der Waals surface area contributed by atoms with Gasteiger partial charge >= 0.3 is 24.2 Å². The van der Waals surface area contributed by atoms with Crippen LogP contribution in [0.25, 0.3) is 11.4 Å². The minimum atomic E-state index is -1.86. The van der Waals surface area contributed by atoms with Gasteiger partial charge in [-0.05, 0) is 103 Å². The minimum Gasteiger partial charge on any atom is -0.461 e. The van der Waals surface area contributed by atoms with Gasteiger partial charge < -0.3 is 48.5 Å². The van der Waals surface area contributed by atoms with E-state index in [1.807, 2.05) is 38.1 Å².